The van der Waals surface area contributed by atoms with E-state index in [9.17, 15) is 4.79 Å². The zero-order valence-electron chi connectivity index (χ0n) is 20.4. The number of nitrogens with one attached hydrogen (secondary N) is 3. The highest BCUT2D eigenvalue weighted by molar-refractivity contribution is 5.86. The molecule has 1 aliphatic rings. The maximum atomic E-state index is 12.3. The fourth-order valence-corrected chi connectivity index (χ4v) is 4.45. The summed E-state index contributed by atoms with van der Waals surface area (Å²) >= 11 is 0. The van der Waals surface area contributed by atoms with E-state index in [1.807, 2.05) is 56.6 Å². The Hall–Kier alpha value is -4.42. The van der Waals surface area contributed by atoms with Gasteiger partial charge in [0, 0.05) is 67.7 Å². The minimum absolute atomic E-state index is 0.0529. The summed E-state index contributed by atoms with van der Waals surface area (Å²) in [6.45, 7) is 2.45. The molecule has 5 rings (SSSR count). The maximum absolute atomic E-state index is 12.3. The molecule has 182 valence electrons. The van der Waals surface area contributed by atoms with Crippen LogP contribution in [0.2, 0.25) is 0 Å². The fraction of sp³-hybridized carbons (Fsp3) is 0.259. The standard InChI is InChI=1S/C27H27N7O2/c1-5-17-6-7-24-19(8-17)13-29-26(33-24)32-21-9-18(20-14-31-34(4)16-20)10-22(11-21)36-23-12-27(2,30-15-23)25(35)28-3/h1,6-11,13-14,16,23,30H,12,15H2,2-4H3,(H,28,35)(H,29,32,33)/t23-,27-/m0/s1. The Morgan fingerprint density at radius 3 is 2.86 bits per heavy atom. The number of fused-ring (bicyclic) bond motifs is 1. The summed E-state index contributed by atoms with van der Waals surface area (Å²) in [5.74, 6) is 3.71. The van der Waals surface area contributed by atoms with E-state index >= 15 is 0 Å². The van der Waals surface area contributed by atoms with Crippen LogP contribution in [-0.2, 0) is 11.8 Å². The fourth-order valence-electron chi connectivity index (χ4n) is 4.45. The van der Waals surface area contributed by atoms with Crippen molar-refractivity contribution in [3.05, 3.63) is 60.6 Å². The van der Waals surface area contributed by atoms with Gasteiger partial charge < -0.3 is 15.4 Å². The van der Waals surface area contributed by atoms with Crippen LogP contribution in [0.15, 0.2) is 55.0 Å². The number of nitrogens with zero attached hydrogens (tertiary/aromatic N) is 4. The third kappa shape index (κ3) is 4.72. The van der Waals surface area contributed by atoms with Crippen LogP contribution in [0.1, 0.15) is 18.9 Å². The Bertz CT molecular complexity index is 1490. The molecule has 1 saturated heterocycles. The largest absolute Gasteiger partial charge is 0.489 e. The number of aromatic nitrogens is 4. The highest BCUT2D eigenvalue weighted by Gasteiger charge is 2.41. The topological polar surface area (TPSA) is 106 Å². The van der Waals surface area contributed by atoms with Gasteiger partial charge in [-0.15, -0.1) is 6.42 Å². The molecule has 1 amide bonds. The molecule has 1 aliphatic heterocycles. The van der Waals surface area contributed by atoms with Crippen molar-refractivity contribution in [2.75, 3.05) is 18.9 Å². The van der Waals surface area contributed by atoms with E-state index in [4.69, 9.17) is 11.2 Å². The second kappa shape index (κ2) is 9.32. The van der Waals surface area contributed by atoms with E-state index < -0.39 is 5.54 Å². The molecule has 9 heteroatoms. The normalized spacial score (nSPS) is 19.1. The van der Waals surface area contributed by atoms with Crippen molar-refractivity contribution in [3.8, 4) is 29.2 Å². The van der Waals surface area contributed by atoms with Crippen molar-refractivity contribution in [2.24, 2.45) is 7.05 Å². The molecular weight excluding hydrogens is 454 g/mol. The van der Waals surface area contributed by atoms with E-state index in [0.717, 1.165) is 33.3 Å². The quantitative estimate of drug-likeness (QED) is 0.364. The molecule has 0 saturated carbocycles. The SMILES string of the molecule is C#Cc1ccc2nc(Nc3cc(O[C@@H]4CN[C@](C)(C(=O)NC)C4)cc(-c4cnn(C)c4)c3)ncc2c1. The molecule has 0 aliphatic carbocycles. The lowest BCUT2D eigenvalue weighted by atomic mass is 9.98. The van der Waals surface area contributed by atoms with Crippen LogP contribution in [0, 0.1) is 12.3 Å². The summed E-state index contributed by atoms with van der Waals surface area (Å²) < 4.78 is 8.09. The summed E-state index contributed by atoms with van der Waals surface area (Å²) in [5, 5.41) is 14.5. The number of aryl methyl sites for hydroxylation is 1. The van der Waals surface area contributed by atoms with Gasteiger partial charge >= 0.3 is 0 Å². The first-order valence-corrected chi connectivity index (χ1v) is 11.6. The first-order valence-electron chi connectivity index (χ1n) is 11.6. The number of likely N-dealkylation sites (N-methyl/N-ethyl adjacent to an activating group) is 1. The number of carbonyl (C=O) groups excluding carboxylic acids is 1. The Labute approximate surface area is 209 Å². The first kappa shape index (κ1) is 23.3. The number of hydrogen-bond donors (Lipinski definition) is 3. The molecule has 0 unspecified atom stereocenters. The second-order valence-corrected chi connectivity index (χ2v) is 9.12. The predicted octanol–water partition coefficient (Wildman–Crippen LogP) is 3.00. The van der Waals surface area contributed by atoms with Crippen LogP contribution in [0.3, 0.4) is 0 Å². The Morgan fingerprint density at radius 2 is 2.11 bits per heavy atom. The lowest BCUT2D eigenvalue weighted by Gasteiger charge is -2.22. The van der Waals surface area contributed by atoms with E-state index in [2.05, 4.69) is 36.9 Å². The number of ether oxygens (including phenoxy) is 1. The Morgan fingerprint density at radius 1 is 1.25 bits per heavy atom. The summed E-state index contributed by atoms with van der Waals surface area (Å²) in [5.41, 5.74) is 3.56. The van der Waals surface area contributed by atoms with Crippen molar-refractivity contribution < 1.29 is 9.53 Å². The van der Waals surface area contributed by atoms with Crippen LogP contribution in [0.25, 0.3) is 22.0 Å². The average Bonchev–Trinajstić information content (AvgIpc) is 3.49. The van der Waals surface area contributed by atoms with Gasteiger partial charge in [-0.05, 0) is 42.8 Å². The van der Waals surface area contributed by atoms with Gasteiger partial charge in [0.25, 0.3) is 0 Å². The second-order valence-electron chi connectivity index (χ2n) is 9.12. The van der Waals surface area contributed by atoms with E-state index in [-0.39, 0.29) is 12.0 Å². The predicted molar refractivity (Wildman–Crippen MR) is 139 cm³/mol. The van der Waals surface area contributed by atoms with Crippen LogP contribution in [0.4, 0.5) is 11.6 Å². The van der Waals surface area contributed by atoms with Gasteiger partial charge in [-0.3, -0.25) is 14.8 Å². The van der Waals surface area contributed by atoms with Crippen LogP contribution in [0.5, 0.6) is 5.75 Å². The monoisotopic (exact) mass is 481 g/mol. The van der Waals surface area contributed by atoms with Gasteiger partial charge in [-0.2, -0.15) is 5.10 Å². The zero-order chi connectivity index (χ0) is 25.3. The van der Waals surface area contributed by atoms with E-state index in [0.29, 0.717) is 24.7 Å². The van der Waals surface area contributed by atoms with Crippen LogP contribution < -0.4 is 20.7 Å². The van der Waals surface area contributed by atoms with E-state index in [1.165, 1.54) is 0 Å². The molecule has 9 nitrogen and oxygen atoms in total. The van der Waals surface area contributed by atoms with Gasteiger partial charge in [-0.1, -0.05) is 5.92 Å². The number of terminal acetylenes is 1. The highest BCUT2D eigenvalue weighted by atomic mass is 16.5. The van der Waals surface area contributed by atoms with Crippen LogP contribution in [-0.4, -0.2) is 50.9 Å². The third-order valence-corrected chi connectivity index (χ3v) is 6.33. The average molecular weight is 482 g/mol. The van der Waals surface area contributed by atoms with Gasteiger partial charge in [0.15, 0.2) is 0 Å². The smallest absolute Gasteiger partial charge is 0.239 e. The van der Waals surface area contributed by atoms with Crippen molar-refractivity contribution >= 4 is 28.4 Å². The summed E-state index contributed by atoms with van der Waals surface area (Å²) in [6.07, 6.45) is 11.4. The van der Waals surface area contributed by atoms with Crippen molar-refractivity contribution in [2.45, 2.75) is 25.0 Å². The summed E-state index contributed by atoms with van der Waals surface area (Å²) in [7, 11) is 3.52. The number of carbonyl (C=O) groups is 1. The maximum Gasteiger partial charge on any atom is 0.239 e. The highest BCUT2D eigenvalue weighted by Crippen LogP contribution is 2.32. The van der Waals surface area contributed by atoms with Gasteiger partial charge in [0.2, 0.25) is 11.9 Å². The molecule has 0 bridgehead atoms. The molecule has 36 heavy (non-hydrogen) atoms. The summed E-state index contributed by atoms with van der Waals surface area (Å²) in [4.78, 5) is 21.4. The zero-order valence-corrected chi connectivity index (χ0v) is 20.4. The minimum atomic E-state index is -0.667. The Balaban J connectivity index is 1.44. The molecule has 1 fully saturated rings. The molecule has 2 aromatic carbocycles. The minimum Gasteiger partial charge on any atom is -0.489 e. The number of hydrogen-bond acceptors (Lipinski definition) is 7. The van der Waals surface area contributed by atoms with Gasteiger partial charge in [0.1, 0.15) is 11.9 Å². The van der Waals surface area contributed by atoms with Crippen molar-refractivity contribution in [1.82, 2.24) is 30.4 Å². The van der Waals surface area contributed by atoms with Gasteiger partial charge in [-0.25, -0.2) is 9.97 Å². The van der Waals surface area contributed by atoms with Crippen LogP contribution >= 0.6 is 0 Å². The third-order valence-electron chi connectivity index (χ3n) is 6.33. The lowest BCUT2D eigenvalue weighted by molar-refractivity contribution is -0.126. The summed E-state index contributed by atoms with van der Waals surface area (Å²) in [6, 6.07) is 11.5. The first-order chi connectivity index (χ1) is 17.3. The molecule has 0 radical (unpaired) electrons. The molecule has 3 N–H and O–H groups in total. The van der Waals surface area contributed by atoms with Crippen molar-refractivity contribution in [1.29, 1.82) is 0 Å². The Kier molecular flexibility index (Phi) is 6.04. The molecule has 0 spiro atoms. The number of benzene rings is 2. The van der Waals surface area contributed by atoms with Crippen molar-refractivity contribution in [3.63, 3.8) is 0 Å². The molecule has 2 atom stereocenters. The molecular formula is C27H27N7O2. The molecule has 4 aromatic rings. The number of rotatable bonds is 6. The number of anilines is 2. The van der Waals surface area contributed by atoms with Gasteiger partial charge in [0.05, 0.1) is 17.3 Å². The van der Waals surface area contributed by atoms with E-state index in [1.54, 1.807) is 24.1 Å². The molecule has 3 heterocycles. The number of amides is 1. The molecule has 2 aromatic heterocycles. The lowest BCUT2D eigenvalue weighted by Crippen LogP contribution is -2.50.